The number of halogens is 1. The zero-order chi connectivity index (χ0) is 18.2. The van der Waals surface area contributed by atoms with Gasteiger partial charge in [-0.15, -0.1) is 24.0 Å². The van der Waals surface area contributed by atoms with Crippen LogP contribution in [0.5, 0.6) is 0 Å². The van der Waals surface area contributed by atoms with Crippen LogP contribution in [0.3, 0.4) is 0 Å². The fourth-order valence-electron chi connectivity index (χ4n) is 3.53. The summed E-state index contributed by atoms with van der Waals surface area (Å²) < 4.78 is 5.37. The molecule has 2 aliphatic heterocycles. The Morgan fingerprint density at radius 3 is 2.52 bits per heavy atom. The molecule has 152 valence electrons. The smallest absolute Gasteiger partial charge is 0.236 e. The van der Waals surface area contributed by atoms with Gasteiger partial charge in [0.2, 0.25) is 5.91 Å². The molecule has 0 spiro atoms. The van der Waals surface area contributed by atoms with Crippen molar-refractivity contribution >= 4 is 35.8 Å². The minimum Gasteiger partial charge on any atom is -0.469 e. The second-order valence-electron chi connectivity index (χ2n) is 6.92. The van der Waals surface area contributed by atoms with Gasteiger partial charge in [-0.2, -0.15) is 0 Å². The molecule has 0 unspecified atom stereocenters. The van der Waals surface area contributed by atoms with E-state index in [1.165, 1.54) is 0 Å². The van der Waals surface area contributed by atoms with E-state index in [0.29, 0.717) is 13.1 Å². The molecule has 0 atom stereocenters. The van der Waals surface area contributed by atoms with Gasteiger partial charge in [-0.25, -0.2) is 0 Å². The number of hydrogen-bond acceptors (Lipinski definition) is 4. The maximum absolute atomic E-state index is 12.3. The largest absolute Gasteiger partial charge is 0.469 e. The summed E-state index contributed by atoms with van der Waals surface area (Å²) in [6.45, 7) is 9.70. The third kappa shape index (κ3) is 6.67. The zero-order valence-electron chi connectivity index (χ0n) is 16.2. The summed E-state index contributed by atoms with van der Waals surface area (Å²) >= 11 is 0. The summed E-state index contributed by atoms with van der Waals surface area (Å²) in [7, 11) is 0. The molecule has 3 rings (SSSR count). The molecule has 27 heavy (non-hydrogen) atoms. The Labute approximate surface area is 179 Å². The second-order valence-corrected chi connectivity index (χ2v) is 6.92. The van der Waals surface area contributed by atoms with Crippen LogP contribution in [0.2, 0.25) is 0 Å². The Morgan fingerprint density at radius 1 is 1.15 bits per heavy atom. The van der Waals surface area contributed by atoms with Gasteiger partial charge in [0.15, 0.2) is 5.96 Å². The molecule has 0 aliphatic carbocycles. The predicted octanol–water partition coefficient (Wildman–Crippen LogP) is 1.65. The van der Waals surface area contributed by atoms with Gasteiger partial charge >= 0.3 is 0 Å². The number of guanidine groups is 1. The number of carbonyl (C=O) groups is 1. The van der Waals surface area contributed by atoms with E-state index in [2.05, 4.69) is 22.0 Å². The quantitative estimate of drug-likeness (QED) is 0.374. The first-order chi connectivity index (χ1) is 12.8. The molecule has 1 aromatic rings. The van der Waals surface area contributed by atoms with Crippen LogP contribution in [0.25, 0.3) is 0 Å². The van der Waals surface area contributed by atoms with Crippen LogP contribution in [0.1, 0.15) is 25.5 Å². The number of amides is 1. The van der Waals surface area contributed by atoms with Gasteiger partial charge in [0.1, 0.15) is 5.76 Å². The van der Waals surface area contributed by atoms with E-state index in [9.17, 15) is 4.79 Å². The number of piperazine rings is 1. The molecule has 0 aromatic carbocycles. The van der Waals surface area contributed by atoms with E-state index >= 15 is 0 Å². The van der Waals surface area contributed by atoms with E-state index < -0.39 is 0 Å². The lowest BCUT2D eigenvalue weighted by atomic mass is 10.3. The third-order valence-corrected chi connectivity index (χ3v) is 5.02. The van der Waals surface area contributed by atoms with Gasteiger partial charge in [-0.1, -0.05) is 0 Å². The molecule has 2 fully saturated rings. The number of hydrogen-bond donors (Lipinski definition) is 1. The molecule has 3 heterocycles. The van der Waals surface area contributed by atoms with Crippen LogP contribution in [0.15, 0.2) is 27.8 Å². The SMILES string of the molecule is CCNC(=NCCc1ccco1)N1CCN(CC(=O)N2CCCC2)CC1.I. The van der Waals surface area contributed by atoms with Crippen molar-refractivity contribution in [2.75, 3.05) is 58.9 Å². The van der Waals surface area contributed by atoms with Crippen LogP contribution in [0.4, 0.5) is 0 Å². The fourth-order valence-corrected chi connectivity index (χ4v) is 3.53. The van der Waals surface area contributed by atoms with Crippen molar-refractivity contribution in [1.82, 2.24) is 20.0 Å². The molecule has 8 heteroatoms. The summed E-state index contributed by atoms with van der Waals surface area (Å²) in [5, 5.41) is 3.38. The van der Waals surface area contributed by atoms with Crippen LogP contribution < -0.4 is 5.32 Å². The average Bonchev–Trinajstić information content (AvgIpc) is 3.36. The molecular formula is C19H32IN5O2. The molecule has 0 bridgehead atoms. The van der Waals surface area contributed by atoms with E-state index in [0.717, 1.165) is 76.8 Å². The molecular weight excluding hydrogens is 457 g/mol. The molecule has 2 aliphatic rings. The average molecular weight is 489 g/mol. The first-order valence-electron chi connectivity index (χ1n) is 9.82. The molecule has 2 saturated heterocycles. The summed E-state index contributed by atoms with van der Waals surface area (Å²) in [5.41, 5.74) is 0. The van der Waals surface area contributed by atoms with Crippen molar-refractivity contribution in [3.05, 3.63) is 24.2 Å². The number of likely N-dealkylation sites (tertiary alicyclic amines) is 1. The Bertz CT molecular complexity index is 579. The molecule has 0 saturated carbocycles. The molecule has 0 radical (unpaired) electrons. The Balaban J connectivity index is 0.00000261. The molecule has 1 N–H and O–H groups in total. The number of rotatable bonds is 6. The normalized spacial score (nSPS) is 18.5. The van der Waals surface area contributed by atoms with Crippen LogP contribution >= 0.6 is 24.0 Å². The Morgan fingerprint density at radius 2 is 1.89 bits per heavy atom. The lowest BCUT2D eigenvalue weighted by Gasteiger charge is -2.36. The molecule has 7 nitrogen and oxygen atoms in total. The van der Waals surface area contributed by atoms with Crippen molar-refractivity contribution < 1.29 is 9.21 Å². The minimum absolute atomic E-state index is 0. The topological polar surface area (TPSA) is 64.3 Å². The van der Waals surface area contributed by atoms with Crippen LogP contribution in [0, 0.1) is 0 Å². The van der Waals surface area contributed by atoms with E-state index in [4.69, 9.17) is 9.41 Å². The first-order valence-corrected chi connectivity index (χ1v) is 9.82. The van der Waals surface area contributed by atoms with Crippen molar-refractivity contribution in [2.45, 2.75) is 26.2 Å². The number of nitrogens with zero attached hydrogens (tertiary/aromatic N) is 4. The van der Waals surface area contributed by atoms with E-state index in [1.54, 1.807) is 6.26 Å². The third-order valence-electron chi connectivity index (χ3n) is 5.02. The van der Waals surface area contributed by atoms with E-state index in [-0.39, 0.29) is 29.9 Å². The van der Waals surface area contributed by atoms with Crippen molar-refractivity contribution in [1.29, 1.82) is 0 Å². The van der Waals surface area contributed by atoms with Gasteiger partial charge < -0.3 is 19.5 Å². The van der Waals surface area contributed by atoms with Gasteiger partial charge in [0.25, 0.3) is 0 Å². The minimum atomic E-state index is 0. The highest BCUT2D eigenvalue weighted by molar-refractivity contribution is 14.0. The lowest BCUT2D eigenvalue weighted by Crippen LogP contribution is -2.54. The maximum Gasteiger partial charge on any atom is 0.236 e. The summed E-state index contributed by atoms with van der Waals surface area (Å²) in [5.74, 6) is 2.22. The number of nitrogens with one attached hydrogen (secondary N) is 1. The lowest BCUT2D eigenvalue weighted by molar-refractivity contribution is -0.131. The van der Waals surface area contributed by atoms with Crippen LogP contribution in [-0.2, 0) is 11.2 Å². The Kier molecular flexibility index (Phi) is 9.40. The van der Waals surface area contributed by atoms with Gasteiger partial charge in [-0.3, -0.25) is 14.7 Å². The monoisotopic (exact) mass is 489 g/mol. The van der Waals surface area contributed by atoms with Gasteiger partial charge in [-0.05, 0) is 31.9 Å². The first kappa shape index (κ1) is 22.0. The van der Waals surface area contributed by atoms with Crippen LogP contribution in [-0.4, -0.2) is 85.5 Å². The van der Waals surface area contributed by atoms with Crippen molar-refractivity contribution in [3.63, 3.8) is 0 Å². The van der Waals surface area contributed by atoms with E-state index in [1.807, 2.05) is 17.0 Å². The Hall–Kier alpha value is -1.29. The highest BCUT2D eigenvalue weighted by Gasteiger charge is 2.24. The standard InChI is InChI=1S/C19H31N5O2.HI/c1-2-20-19(21-8-7-17-6-5-15-26-17)24-13-11-22(12-14-24)16-18(25)23-9-3-4-10-23;/h5-6,15H,2-4,7-14,16H2,1H3,(H,20,21);1H. The number of furan rings is 1. The fraction of sp³-hybridized carbons (Fsp3) is 0.684. The second kappa shape index (κ2) is 11.5. The summed E-state index contributed by atoms with van der Waals surface area (Å²) in [6, 6.07) is 3.89. The number of carbonyl (C=O) groups excluding carboxylic acids is 1. The molecule has 1 amide bonds. The van der Waals surface area contributed by atoms with Crippen molar-refractivity contribution in [3.8, 4) is 0 Å². The van der Waals surface area contributed by atoms with Crippen molar-refractivity contribution in [2.24, 2.45) is 4.99 Å². The summed E-state index contributed by atoms with van der Waals surface area (Å²) in [4.78, 5) is 23.6. The predicted molar refractivity (Wildman–Crippen MR) is 118 cm³/mol. The number of aliphatic imine (C=N–C) groups is 1. The maximum atomic E-state index is 12.3. The van der Waals surface area contributed by atoms with Gasteiger partial charge in [0.05, 0.1) is 12.8 Å². The highest BCUT2D eigenvalue weighted by Crippen LogP contribution is 2.09. The summed E-state index contributed by atoms with van der Waals surface area (Å²) in [6.07, 6.45) is 4.82. The highest BCUT2D eigenvalue weighted by atomic mass is 127. The zero-order valence-corrected chi connectivity index (χ0v) is 18.6. The molecule has 1 aromatic heterocycles. The van der Waals surface area contributed by atoms with Gasteiger partial charge in [0, 0.05) is 58.8 Å².